The summed E-state index contributed by atoms with van der Waals surface area (Å²) in [6, 6.07) is 4.51. The molecule has 132 valence electrons. The molecule has 1 fully saturated rings. The van der Waals surface area contributed by atoms with Crippen LogP contribution in [0.4, 0.5) is 15.8 Å². The Hall–Kier alpha value is -2.70. The lowest BCUT2D eigenvalue weighted by Gasteiger charge is -2.17. The number of benzene rings is 1. The van der Waals surface area contributed by atoms with Crippen LogP contribution in [-0.4, -0.2) is 23.5 Å². The van der Waals surface area contributed by atoms with Crippen molar-refractivity contribution in [3.8, 4) is 0 Å². The Morgan fingerprint density at radius 1 is 1.44 bits per heavy atom. The topological polar surface area (TPSA) is 75.4 Å². The smallest absolute Gasteiger partial charge is 0.229 e. The van der Waals surface area contributed by atoms with Gasteiger partial charge in [0.2, 0.25) is 11.8 Å². The Morgan fingerprint density at radius 2 is 2.20 bits per heavy atom. The van der Waals surface area contributed by atoms with Gasteiger partial charge in [0.05, 0.1) is 5.92 Å². The lowest BCUT2D eigenvalue weighted by atomic mass is 10.1. The highest BCUT2D eigenvalue weighted by atomic mass is 19.1. The van der Waals surface area contributed by atoms with Gasteiger partial charge in [0.1, 0.15) is 17.2 Å². The molecule has 2 amide bonds. The maximum atomic E-state index is 13.4. The molecule has 0 bridgehead atoms. The number of halogens is 1. The zero-order valence-electron chi connectivity index (χ0n) is 14.4. The van der Waals surface area contributed by atoms with Gasteiger partial charge in [-0.3, -0.25) is 9.59 Å². The molecule has 1 aromatic heterocycles. The molecule has 1 N–H and O–H groups in total. The number of nitrogens with zero attached hydrogens (tertiary/aromatic N) is 2. The van der Waals surface area contributed by atoms with Crippen LogP contribution in [0.3, 0.4) is 0 Å². The van der Waals surface area contributed by atoms with Crippen LogP contribution >= 0.6 is 0 Å². The minimum absolute atomic E-state index is 0.119. The van der Waals surface area contributed by atoms with Crippen LogP contribution in [0.1, 0.15) is 30.4 Å². The number of carbonyl (C=O) groups excluding carboxylic acids is 2. The van der Waals surface area contributed by atoms with Crippen molar-refractivity contribution in [1.29, 1.82) is 0 Å². The second-order valence-corrected chi connectivity index (χ2v) is 6.24. The molecule has 1 unspecified atom stereocenters. The van der Waals surface area contributed by atoms with E-state index in [9.17, 15) is 14.0 Å². The fourth-order valence-electron chi connectivity index (χ4n) is 2.97. The average molecular weight is 345 g/mol. The number of rotatable bonds is 4. The van der Waals surface area contributed by atoms with E-state index in [1.807, 2.05) is 6.92 Å². The predicted molar refractivity (Wildman–Crippen MR) is 90.8 cm³/mol. The Labute approximate surface area is 145 Å². The molecule has 2 aromatic rings. The van der Waals surface area contributed by atoms with Gasteiger partial charge >= 0.3 is 0 Å². The summed E-state index contributed by atoms with van der Waals surface area (Å²) < 4.78 is 18.5. The number of aryl methyl sites for hydroxylation is 3. The molecule has 1 aromatic carbocycles. The van der Waals surface area contributed by atoms with Gasteiger partial charge in [0.25, 0.3) is 0 Å². The molecule has 1 aliphatic rings. The molecule has 6 nitrogen and oxygen atoms in total. The second kappa shape index (κ2) is 6.66. The fourth-order valence-corrected chi connectivity index (χ4v) is 2.97. The van der Waals surface area contributed by atoms with Crippen molar-refractivity contribution in [2.75, 3.05) is 16.8 Å². The van der Waals surface area contributed by atoms with Gasteiger partial charge in [0, 0.05) is 18.7 Å². The van der Waals surface area contributed by atoms with Gasteiger partial charge in [-0.25, -0.2) is 4.39 Å². The van der Waals surface area contributed by atoms with Crippen molar-refractivity contribution >= 4 is 23.2 Å². The van der Waals surface area contributed by atoms with Crippen LogP contribution in [0.15, 0.2) is 22.7 Å². The van der Waals surface area contributed by atoms with Crippen molar-refractivity contribution in [2.45, 2.75) is 33.6 Å². The third-order valence-corrected chi connectivity index (χ3v) is 4.47. The molecule has 25 heavy (non-hydrogen) atoms. The third-order valence-electron chi connectivity index (χ3n) is 4.47. The van der Waals surface area contributed by atoms with Crippen LogP contribution < -0.4 is 10.2 Å². The van der Waals surface area contributed by atoms with E-state index in [0.29, 0.717) is 34.8 Å². The van der Waals surface area contributed by atoms with E-state index < -0.39 is 5.92 Å². The number of hydrogen-bond donors (Lipinski definition) is 1. The summed E-state index contributed by atoms with van der Waals surface area (Å²) in [7, 11) is 0. The quantitative estimate of drug-likeness (QED) is 0.924. The average Bonchev–Trinajstić information content (AvgIpc) is 3.14. The summed E-state index contributed by atoms with van der Waals surface area (Å²) in [5.74, 6) is -0.642. The summed E-state index contributed by atoms with van der Waals surface area (Å²) >= 11 is 0. The normalized spacial score (nSPS) is 17.2. The zero-order chi connectivity index (χ0) is 18.1. The molecule has 7 heteroatoms. The summed E-state index contributed by atoms with van der Waals surface area (Å²) in [6.45, 7) is 5.56. The maximum absolute atomic E-state index is 13.4. The minimum Gasteiger partial charge on any atom is -0.359 e. The molecule has 1 atom stereocenters. The SMILES string of the molecule is CCc1noc(C)c1NC(=O)C1CC(=O)N(c2ccc(F)c(C)c2)C1. The lowest BCUT2D eigenvalue weighted by Crippen LogP contribution is -2.28. The fraction of sp³-hybridized carbons (Fsp3) is 0.389. The standard InChI is InChI=1S/C18H20FN3O3/c1-4-15-17(11(3)25-21-15)20-18(24)12-8-16(23)22(9-12)13-5-6-14(19)10(2)7-13/h5-7,12H,4,8-9H2,1-3H3,(H,20,24). The van der Waals surface area contributed by atoms with Gasteiger partial charge in [-0.05, 0) is 44.0 Å². The zero-order valence-corrected chi connectivity index (χ0v) is 14.4. The number of carbonyl (C=O) groups is 2. The highest BCUT2D eigenvalue weighted by Gasteiger charge is 2.36. The van der Waals surface area contributed by atoms with Crippen LogP contribution in [0.25, 0.3) is 0 Å². The number of hydrogen-bond acceptors (Lipinski definition) is 4. The van der Waals surface area contributed by atoms with E-state index >= 15 is 0 Å². The van der Waals surface area contributed by atoms with Crippen LogP contribution in [0, 0.1) is 25.6 Å². The summed E-state index contributed by atoms with van der Waals surface area (Å²) in [5.41, 5.74) is 2.33. The summed E-state index contributed by atoms with van der Waals surface area (Å²) in [5, 5.41) is 6.74. The van der Waals surface area contributed by atoms with Crippen LogP contribution in [0.2, 0.25) is 0 Å². The largest absolute Gasteiger partial charge is 0.359 e. The Morgan fingerprint density at radius 3 is 2.88 bits per heavy atom. The molecule has 0 saturated carbocycles. The Bertz CT molecular complexity index is 831. The third kappa shape index (κ3) is 3.26. The molecular weight excluding hydrogens is 325 g/mol. The summed E-state index contributed by atoms with van der Waals surface area (Å²) in [6.07, 6.45) is 0.756. The minimum atomic E-state index is -0.475. The van der Waals surface area contributed by atoms with Gasteiger partial charge in [-0.15, -0.1) is 0 Å². The number of aromatic nitrogens is 1. The van der Waals surface area contributed by atoms with E-state index in [1.165, 1.54) is 11.0 Å². The first-order valence-electron chi connectivity index (χ1n) is 8.23. The highest BCUT2D eigenvalue weighted by Crippen LogP contribution is 2.28. The van der Waals surface area contributed by atoms with Crippen molar-refractivity contribution in [3.63, 3.8) is 0 Å². The van der Waals surface area contributed by atoms with Crippen LogP contribution in [0.5, 0.6) is 0 Å². The van der Waals surface area contributed by atoms with Crippen molar-refractivity contribution in [2.24, 2.45) is 5.92 Å². The maximum Gasteiger partial charge on any atom is 0.229 e. The predicted octanol–water partition coefficient (Wildman–Crippen LogP) is 2.98. The molecule has 1 aliphatic heterocycles. The van der Waals surface area contributed by atoms with Gasteiger partial charge in [-0.1, -0.05) is 12.1 Å². The lowest BCUT2D eigenvalue weighted by molar-refractivity contribution is -0.122. The monoisotopic (exact) mass is 345 g/mol. The Kier molecular flexibility index (Phi) is 4.57. The molecule has 0 radical (unpaired) electrons. The van der Waals surface area contributed by atoms with Crippen molar-refractivity contribution in [1.82, 2.24) is 5.16 Å². The molecule has 0 spiro atoms. The number of amides is 2. The van der Waals surface area contributed by atoms with E-state index in [-0.39, 0.29) is 30.6 Å². The molecule has 0 aliphatic carbocycles. The Balaban J connectivity index is 1.74. The van der Waals surface area contributed by atoms with Gasteiger partial charge < -0.3 is 14.7 Å². The van der Waals surface area contributed by atoms with E-state index in [1.54, 1.807) is 26.0 Å². The van der Waals surface area contributed by atoms with E-state index in [4.69, 9.17) is 4.52 Å². The first kappa shape index (κ1) is 17.1. The molecule has 1 saturated heterocycles. The van der Waals surface area contributed by atoms with Crippen molar-refractivity contribution < 1.29 is 18.5 Å². The van der Waals surface area contributed by atoms with E-state index in [2.05, 4.69) is 10.5 Å². The summed E-state index contributed by atoms with van der Waals surface area (Å²) in [4.78, 5) is 26.4. The number of anilines is 2. The van der Waals surface area contributed by atoms with Gasteiger partial charge in [0.15, 0.2) is 5.76 Å². The molecule has 2 heterocycles. The molecule has 3 rings (SSSR count). The first-order valence-corrected chi connectivity index (χ1v) is 8.23. The van der Waals surface area contributed by atoms with Crippen LogP contribution in [-0.2, 0) is 16.0 Å². The van der Waals surface area contributed by atoms with Crippen molar-refractivity contribution in [3.05, 3.63) is 41.0 Å². The second-order valence-electron chi connectivity index (χ2n) is 6.24. The highest BCUT2D eigenvalue weighted by molar-refractivity contribution is 6.03. The molecular formula is C18H20FN3O3. The van der Waals surface area contributed by atoms with Gasteiger partial charge in [-0.2, -0.15) is 0 Å². The van der Waals surface area contributed by atoms with E-state index in [0.717, 1.165) is 0 Å². The first-order chi connectivity index (χ1) is 11.9. The number of nitrogens with one attached hydrogen (secondary N) is 1.